The fourth-order valence-electron chi connectivity index (χ4n) is 1.62. The second kappa shape index (κ2) is 4.87. The Bertz CT molecular complexity index is 824. The second-order valence-electron chi connectivity index (χ2n) is 4.17. The van der Waals surface area contributed by atoms with Crippen LogP contribution in [0, 0.1) is 0 Å². The van der Waals surface area contributed by atoms with E-state index in [9.17, 15) is 13.0 Å². The summed E-state index contributed by atoms with van der Waals surface area (Å²) in [4.78, 5) is 0.440. The van der Waals surface area contributed by atoms with Crippen LogP contribution >= 0.6 is 11.3 Å². The molecule has 2 rings (SSSR count). The maximum absolute atomic E-state index is 11.4. The minimum atomic E-state index is -4.26. The summed E-state index contributed by atoms with van der Waals surface area (Å²) in [6, 6.07) is 4.72. The Balaban J connectivity index is 2.87. The molecule has 1 aromatic carbocycles. The number of para-hydroxylation sites is 1. The summed E-state index contributed by atoms with van der Waals surface area (Å²) in [5, 5.41) is 8.02. The Kier molecular flexibility index (Phi) is 3.57. The van der Waals surface area contributed by atoms with Gasteiger partial charge in [-0.15, -0.1) is 5.10 Å². The first-order valence-corrected chi connectivity index (χ1v) is 7.67. The fourth-order valence-corrected chi connectivity index (χ4v) is 3.42. The highest BCUT2D eigenvalue weighted by Gasteiger charge is 2.17. The number of rotatable bonds is 2. The van der Waals surface area contributed by atoms with Crippen LogP contribution in [-0.4, -0.2) is 23.2 Å². The topological polar surface area (TPSA) is 84.0 Å². The number of thiazole rings is 1. The van der Waals surface area contributed by atoms with Crippen LogP contribution < -0.4 is 4.80 Å². The van der Waals surface area contributed by atoms with E-state index in [1.54, 1.807) is 23.7 Å². The van der Waals surface area contributed by atoms with E-state index in [4.69, 9.17) is 0 Å². The van der Waals surface area contributed by atoms with Crippen molar-refractivity contribution in [2.45, 2.75) is 18.7 Å². The maximum Gasteiger partial charge on any atom is 0.296 e. The zero-order chi connectivity index (χ0) is 14.2. The molecule has 6 nitrogen and oxygen atoms in total. The summed E-state index contributed by atoms with van der Waals surface area (Å²) in [6.45, 7) is 3.64. The lowest BCUT2D eigenvalue weighted by Crippen LogP contribution is -2.11. The van der Waals surface area contributed by atoms with E-state index in [-0.39, 0.29) is 4.90 Å². The highest BCUT2D eigenvalue weighted by Crippen LogP contribution is 2.24. The molecule has 102 valence electrons. The first-order valence-electron chi connectivity index (χ1n) is 5.41. The van der Waals surface area contributed by atoms with E-state index in [1.807, 2.05) is 13.8 Å². The van der Waals surface area contributed by atoms with Crippen LogP contribution in [0.1, 0.15) is 13.8 Å². The van der Waals surface area contributed by atoms with E-state index < -0.39 is 10.1 Å². The zero-order valence-electron chi connectivity index (χ0n) is 10.7. The van der Waals surface area contributed by atoms with Gasteiger partial charge < -0.3 is 4.57 Å². The van der Waals surface area contributed by atoms with E-state index in [0.29, 0.717) is 10.3 Å². The third-order valence-electron chi connectivity index (χ3n) is 2.40. The highest BCUT2D eigenvalue weighted by molar-refractivity contribution is 7.86. The molecule has 0 amide bonds. The Morgan fingerprint density at radius 3 is 2.63 bits per heavy atom. The van der Waals surface area contributed by atoms with Gasteiger partial charge in [0.2, 0.25) is 4.80 Å². The molecule has 0 aliphatic rings. The number of benzene rings is 1. The molecule has 2 aromatic rings. The second-order valence-corrected chi connectivity index (χ2v) is 6.57. The summed E-state index contributed by atoms with van der Waals surface area (Å²) in [5.41, 5.74) is 1.23. The molecule has 0 spiro atoms. The third-order valence-corrected chi connectivity index (χ3v) is 4.37. The third kappa shape index (κ3) is 2.75. The van der Waals surface area contributed by atoms with Gasteiger partial charge in [0.15, 0.2) is 0 Å². The lowest BCUT2D eigenvalue weighted by molar-refractivity contribution is 0.483. The Morgan fingerprint density at radius 1 is 1.37 bits per heavy atom. The zero-order valence-corrected chi connectivity index (χ0v) is 12.3. The quantitative estimate of drug-likeness (QED) is 0.521. The molecule has 0 aliphatic heterocycles. The van der Waals surface area contributed by atoms with Crippen LogP contribution in [0.15, 0.2) is 33.3 Å². The molecule has 1 N–H and O–H groups in total. The predicted molar refractivity (Wildman–Crippen MR) is 75.0 cm³/mol. The van der Waals surface area contributed by atoms with Crippen molar-refractivity contribution in [3.8, 4) is 0 Å². The number of hydrogen-bond donors (Lipinski definition) is 1. The molecule has 8 heteroatoms. The summed E-state index contributed by atoms with van der Waals surface area (Å²) >= 11 is 1.31. The smallest absolute Gasteiger partial charge is 0.296 e. The average Bonchev–Trinajstić information content (AvgIpc) is 2.62. The minimum Gasteiger partial charge on any atom is -0.317 e. The predicted octanol–water partition coefficient (Wildman–Crippen LogP) is 1.78. The molecule has 1 aromatic heterocycles. The first kappa shape index (κ1) is 13.9. The molecular weight excluding hydrogens is 286 g/mol. The van der Waals surface area contributed by atoms with E-state index >= 15 is 0 Å². The van der Waals surface area contributed by atoms with Gasteiger partial charge in [0, 0.05) is 12.8 Å². The van der Waals surface area contributed by atoms with E-state index in [0.717, 1.165) is 10.4 Å². The number of nitrogens with zero attached hydrogens (tertiary/aromatic N) is 3. The van der Waals surface area contributed by atoms with Gasteiger partial charge in [-0.2, -0.15) is 13.5 Å². The number of aryl methyl sites for hydroxylation is 1. The number of aromatic nitrogens is 1. The monoisotopic (exact) mass is 299 g/mol. The molecule has 0 radical (unpaired) electrons. The molecule has 0 unspecified atom stereocenters. The van der Waals surface area contributed by atoms with Gasteiger partial charge in [0.1, 0.15) is 4.90 Å². The van der Waals surface area contributed by atoms with E-state index in [2.05, 4.69) is 10.2 Å². The van der Waals surface area contributed by atoms with Crippen molar-refractivity contribution in [2.75, 3.05) is 0 Å². The van der Waals surface area contributed by atoms with E-state index in [1.165, 1.54) is 17.4 Å². The lowest BCUT2D eigenvalue weighted by atomic mass is 10.3. The van der Waals surface area contributed by atoms with Crippen LogP contribution in [0.4, 0.5) is 0 Å². The van der Waals surface area contributed by atoms with Gasteiger partial charge in [-0.05, 0) is 26.0 Å². The first-order chi connectivity index (χ1) is 8.80. The van der Waals surface area contributed by atoms with Crippen molar-refractivity contribution in [1.29, 1.82) is 0 Å². The normalized spacial score (nSPS) is 12.9. The molecule has 0 bridgehead atoms. The van der Waals surface area contributed by atoms with Crippen molar-refractivity contribution >= 4 is 37.4 Å². The van der Waals surface area contributed by atoms with Gasteiger partial charge in [-0.3, -0.25) is 4.55 Å². The van der Waals surface area contributed by atoms with Crippen molar-refractivity contribution in [3.05, 3.63) is 23.0 Å². The van der Waals surface area contributed by atoms with Crippen molar-refractivity contribution in [1.82, 2.24) is 4.57 Å². The SMILES string of the molecule is CC(C)=N/N=c1/sc2cccc(S(=O)(=O)O)c2n1C. The largest absolute Gasteiger partial charge is 0.317 e. The summed E-state index contributed by atoms with van der Waals surface area (Å²) in [5.74, 6) is 0. The maximum atomic E-state index is 11.4. The summed E-state index contributed by atoms with van der Waals surface area (Å²) < 4.78 is 34.3. The van der Waals surface area contributed by atoms with Gasteiger partial charge in [0.05, 0.1) is 10.2 Å². The molecule has 0 saturated heterocycles. The molecule has 19 heavy (non-hydrogen) atoms. The summed E-state index contributed by atoms with van der Waals surface area (Å²) in [7, 11) is -2.57. The fraction of sp³-hybridized carbons (Fsp3) is 0.273. The van der Waals surface area contributed by atoms with Gasteiger partial charge in [0.25, 0.3) is 10.1 Å². The van der Waals surface area contributed by atoms with Crippen molar-refractivity contribution < 1.29 is 13.0 Å². The standard InChI is InChI=1S/C11H13N3O3S2/c1-7(2)12-13-11-14(3)10-8(18-11)5-4-6-9(10)19(15,16)17/h4-6H,1-3H3,(H,15,16,17)/b13-11+. The molecule has 0 saturated carbocycles. The number of hydrogen-bond acceptors (Lipinski definition) is 5. The van der Waals surface area contributed by atoms with Gasteiger partial charge in [-0.25, -0.2) is 0 Å². The molecule has 0 fully saturated rings. The summed E-state index contributed by atoms with van der Waals surface area (Å²) in [6.07, 6.45) is 0. The van der Waals surface area contributed by atoms with Crippen LogP contribution in [0.3, 0.4) is 0 Å². The van der Waals surface area contributed by atoms with Crippen molar-refractivity contribution in [2.24, 2.45) is 17.3 Å². The van der Waals surface area contributed by atoms with Crippen LogP contribution in [0.2, 0.25) is 0 Å². The molecular formula is C11H13N3O3S2. The van der Waals surface area contributed by atoms with Crippen LogP contribution in [0.25, 0.3) is 10.2 Å². The van der Waals surface area contributed by atoms with Crippen molar-refractivity contribution in [3.63, 3.8) is 0 Å². The molecule has 0 aliphatic carbocycles. The number of fused-ring (bicyclic) bond motifs is 1. The molecule has 1 heterocycles. The lowest BCUT2D eigenvalue weighted by Gasteiger charge is -2.01. The minimum absolute atomic E-state index is 0.123. The Labute approximate surface area is 114 Å². The highest BCUT2D eigenvalue weighted by atomic mass is 32.2. The Morgan fingerprint density at radius 2 is 2.05 bits per heavy atom. The van der Waals surface area contributed by atoms with Gasteiger partial charge in [-0.1, -0.05) is 17.4 Å². The Hall–Kier alpha value is -1.51. The molecule has 0 atom stereocenters. The average molecular weight is 299 g/mol. The van der Waals surface area contributed by atoms with Crippen LogP contribution in [-0.2, 0) is 17.2 Å². The van der Waals surface area contributed by atoms with Crippen LogP contribution in [0.5, 0.6) is 0 Å². The van der Waals surface area contributed by atoms with Gasteiger partial charge >= 0.3 is 0 Å².